The number of rotatable bonds is 4. The van der Waals surface area contributed by atoms with Crippen LogP contribution in [0.4, 0.5) is 5.13 Å². The van der Waals surface area contributed by atoms with Crippen LogP contribution >= 0.6 is 11.5 Å². The molecular formula is C17H18N4OS. The lowest BCUT2D eigenvalue weighted by Crippen LogP contribution is -2.01. The molecule has 118 valence electrons. The normalized spacial score (nSPS) is 15.3. The van der Waals surface area contributed by atoms with Gasteiger partial charge < -0.3 is 10.4 Å². The van der Waals surface area contributed by atoms with E-state index in [9.17, 15) is 5.11 Å². The Morgan fingerprint density at radius 1 is 1.22 bits per heavy atom. The molecule has 4 rings (SSSR count). The molecule has 1 aromatic carbocycles. The third kappa shape index (κ3) is 2.86. The molecule has 0 atom stereocenters. The molecule has 0 spiro atoms. The predicted octanol–water partition coefficient (Wildman–Crippen LogP) is 4.06. The molecule has 0 bridgehead atoms. The van der Waals surface area contributed by atoms with Gasteiger partial charge in [-0.2, -0.15) is 4.37 Å². The van der Waals surface area contributed by atoms with E-state index in [0.717, 1.165) is 21.9 Å². The van der Waals surface area contributed by atoms with E-state index >= 15 is 0 Å². The molecule has 1 saturated carbocycles. The number of fused-ring (bicyclic) bond motifs is 1. The second kappa shape index (κ2) is 6.12. The number of benzene rings is 1. The second-order valence-electron chi connectivity index (χ2n) is 5.94. The van der Waals surface area contributed by atoms with E-state index in [2.05, 4.69) is 19.7 Å². The number of phenols is 1. The summed E-state index contributed by atoms with van der Waals surface area (Å²) in [5, 5.41) is 15.4. The van der Waals surface area contributed by atoms with Crippen molar-refractivity contribution in [2.45, 2.75) is 38.1 Å². The predicted molar refractivity (Wildman–Crippen MR) is 91.9 cm³/mol. The molecule has 5 nitrogen and oxygen atoms in total. The first-order chi connectivity index (χ1) is 11.3. The number of aromatic nitrogens is 3. The van der Waals surface area contributed by atoms with Crippen LogP contribution in [0.2, 0.25) is 0 Å². The van der Waals surface area contributed by atoms with Gasteiger partial charge >= 0.3 is 0 Å². The molecule has 23 heavy (non-hydrogen) atoms. The molecule has 1 fully saturated rings. The number of hydrogen-bond acceptors (Lipinski definition) is 6. The number of aromatic hydroxyl groups is 1. The minimum absolute atomic E-state index is 0.233. The van der Waals surface area contributed by atoms with Crippen molar-refractivity contribution in [2.75, 3.05) is 5.32 Å². The van der Waals surface area contributed by atoms with E-state index in [0.29, 0.717) is 18.0 Å². The Morgan fingerprint density at radius 2 is 2.09 bits per heavy atom. The SMILES string of the molecule is Oc1c(CNc2nc(C3CCCC3)ns2)ccc2cccnc12. The van der Waals surface area contributed by atoms with Crippen molar-refractivity contribution in [3.63, 3.8) is 0 Å². The van der Waals surface area contributed by atoms with Gasteiger partial charge in [0, 0.05) is 41.1 Å². The van der Waals surface area contributed by atoms with Gasteiger partial charge in [0.25, 0.3) is 0 Å². The summed E-state index contributed by atoms with van der Waals surface area (Å²) in [5.74, 6) is 1.73. The zero-order valence-corrected chi connectivity index (χ0v) is 13.5. The highest BCUT2D eigenvalue weighted by molar-refractivity contribution is 7.09. The number of nitrogens with one attached hydrogen (secondary N) is 1. The van der Waals surface area contributed by atoms with Crippen molar-refractivity contribution in [3.8, 4) is 5.75 Å². The largest absolute Gasteiger partial charge is 0.505 e. The van der Waals surface area contributed by atoms with Gasteiger partial charge in [-0.1, -0.05) is 31.0 Å². The van der Waals surface area contributed by atoms with Crippen molar-refractivity contribution in [1.82, 2.24) is 14.3 Å². The summed E-state index contributed by atoms with van der Waals surface area (Å²) in [6.45, 7) is 0.512. The van der Waals surface area contributed by atoms with Crippen LogP contribution in [0.15, 0.2) is 30.5 Å². The summed E-state index contributed by atoms with van der Waals surface area (Å²) in [5.41, 5.74) is 1.45. The van der Waals surface area contributed by atoms with Crippen LogP contribution in [-0.2, 0) is 6.54 Å². The van der Waals surface area contributed by atoms with Crippen LogP contribution in [0.25, 0.3) is 10.9 Å². The number of phenolic OH excluding ortho intramolecular Hbond substituents is 1. The Hall–Kier alpha value is -2.21. The van der Waals surface area contributed by atoms with E-state index in [4.69, 9.17) is 0 Å². The minimum Gasteiger partial charge on any atom is -0.505 e. The highest BCUT2D eigenvalue weighted by Gasteiger charge is 2.21. The van der Waals surface area contributed by atoms with Crippen LogP contribution in [-0.4, -0.2) is 19.4 Å². The zero-order valence-electron chi connectivity index (χ0n) is 12.7. The molecule has 0 saturated heterocycles. The Balaban J connectivity index is 1.49. The van der Waals surface area contributed by atoms with Gasteiger partial charge in [0.05, 0.1) is 0 Å². The van der Waals surface area contributed by atoms with Gasteiger partial charge in [0.1, 0.15) is 17.1 Å². The second-order valence-corrected chi connectivity index (χ2v) is 6.69. The highest BCUT2D eigenvalue weighted by Crippen LogP contribution is 2.34. The lowest BCUT2D eigenvalue weighted by Gasteiger charge is -2.07. The van der Waals surface area contributed by atoms with Crippen LogP contribution in [0.5, 0.6) is 5.75 Å². The fraction of sp³-hybridized carbons (Fsp3) is 0.353. The minimum atomic E-state index is 0.233. The van der Waals surface area contributed by atoms with Crippen molar-refractivity contribution in [1.29, 1.82) is 0 Å². The van der Waals surface area contributed by atoms with Crippen molar-refractivity contribution < 1.29 is 5.11 Å². The lowest BCUT2D eigenvalue weighted by molar-refractivity contribution is 0.474. The average Bonchev–Trinajstić information content (AvgIpc) is 3.26. The van der Waals surface area contributed by atoms with Crippen LogP contribution < -0.4 is 5.32 Å². The van der Waals surface area contributed by atoms with Crippen LogP contribution in [0.3, 0.4) is 0 Å². The molecule has 2 aromatic heterocycles. The maximum Gasteiger partial charge on any atom is 0.202 e. The highest BCUT2D eigenvalue weighted by atomic mass is 32.1. The van der Waals surface area contributed by atoms with E-state index < -0.39 is 0 Å². The van der Waals surface area contributed by atoms with Crippen molar-refractivity contribution in [3.05, 3.63) is 41.9 Å². The third-order valence-electron chi connectivity index (χ3n) is 4.42. The summed E-state index contributed by atoms with van der Waals surface area (Å²) in [4.78, 5) is 8.85. The fourth-order valence-electron chi connectivity index (χ4n) is 3.14. The zero-order chi connectivity index (χ0) is 15.6. The van der Waals surface area contributed by atoms with Crippen molar-refractivity contribution in [2.24, 2.45) is 0 Å². The summed E-state index contributed by atoms with van der Waals surface area (Å²) in [6, 6.07) is 7.71. The Kier molecular flexibility index (Phi) is 3.83. The standard InChI is InChI=1S/C17H18N4OS/c22-15-13(8-7-11-6-3-9-18-14(11)15)10-19-17-20-16(21-23-17)12-4-1-2-5-12/h3,6-9,12,22H,1-2,4-5,10H2,(H,19,20,21). The number of nitrogens with zero attached hydrogens (tertiary/aromatic N) is 3. The third-order valence-corrected chi connectivity index (χ3v) is 5.11. The summed E-state index contributed by atoms with van der Waals surface area (Å²) in [7, 11) is 0. The van der Waals surface area contributed by atoms with Crippen LogP contribution in [0, 0.1) is 0 Å². The number of anilines is 1. The first kappa shape index (κ1) is 14.4. The molecule has 6 heteroatoms. The molecule has 1 aliphatic carbocycles. The maximum absolute atomic E-state index is 10.4. The monoisotopic (exact) mass is 326 g/mol. The van der Waals surface area contributed by atoms with E-state index in [1.165, 1.54) is 37.2 Å². The molecule has 0 radical (unpaired) electrons. The van der Waals surface area contributed by atoms with Gasteiger partial charge in [-0.15, -0.1) is 0 Å². The van der Waals surface area contributed by atoms with E-state index in [1.807, 2.05) is 24.3 Å². The molecule has 0 aliphatic heterocycles. The first-order valence-electron chi connectivity index (χ1n) is 7.94. The summed E-state index contributed by atoms with van der Waals surface area (Å²) in [6.07, 6.45) is 6.66. The Morgan fingerprint density at radius 3 is 2.96 bits per heavy atom. The molecule has 0 amide bonds. The lowest BCUT2D eigenvalue weighted by atomic mass is 10.1. The number of pyridine rings is 1. The van der Waals surface area contributed by atoms with E-state index in [1.54, 1.807) is 6.20 Å². The Labute approximate surface area is 138 Å². The van der Waals surface area contributed by atoms with Gasteiger partial charge in [-0.25, -0.2) is 4.98 Å². The molecule has 1 aliphatic rings. The summed E-state index contributed by atoms with van der Waals surface area (Å²) >= 11 is 1.40. The fourth-order valence-corrected chi connectivity index (χ4v) is 3.78. The van der Waals surface area contributed by atoms with Gasteiger partial charge in [0.2, 0.25) is 5.13 Å². The molecule has 2 heterocycles. The maximum atomic E-state index is 10.4. The summed E-state index contributed by atoms with van der Waals surface area (Å²) < 4.78 is 4.48. The van der Waals surface area contributed by atoms with Crippen molar-refractivity contribution >= 4 is 27.6 Å². The van der Waals surface area contributed by atoms with Gasteiger partial charge in [0.15, 0.2) is 0 Å². The molecule has 3 aromatic rings. The molecule has 2 N–H and O–H groups in total. The molecule has 0 unspecified atom stereocenters. The molecular weight excluding hydrogens is 308 g/mol. The number of hydrogen-bond donors (Lipinski definition) is 2. The quantitative estimate of drug-likeness (QED) is 0.756. The van der Waals surface area contributed by atoms with Gasteiger partial charge in [-0.05, 0) is 18.9 Å². The Bertz CT molecular complexity index is 826. The average molecular weight is 326 g/mol. The van der Waals surface area contributed by atoms with Gasteiger partial charge in [-0.3, -0.25) is 4.98 Å². The van der Waals surface area contributed by atoms with Crippen LogP contribution in [0.1, 0.15) is 43.0 Å². The smallest absolute Gasteiger partial charge is 0.202 e. The topological polar surface area (TPSA) is 70.9 Å². The first-order valence-corrected chi connectivity index (χ1v) is 8.71. The van der Waals surface area contributed by atoms with E-state index in [-0.39, 0.29) is 5.75 Å².